The van der Waals surface area contributed by atoms with Crippen molar-refractivity contribution >= 4 is 11.7 Å². The first kappa shape index (κ1) is 19.0. The van der Waals surface area contributed by atoms with E-state index in [1.54, 1.807) is 12.4 Å². The fraction of sp³-hybridized carbons (Fsp3) is 0.350. The lowest BCUT2D eigenvalue weighted by Crippen LogP contribution is -2.20. The first-order valence-electron chi connectivity index (χ1n) is 9.77. The Hall–Kier alpha value is -3.33. The van der Waals surface area contributed by atoms with Crippen molar-refractivity contribution in [2.75, 3.05) is 18.8 Å². The van der Waals surface area contributed by atoms with E-state index in [9.17, 15) is 4.79 Å². The molecule has 0 bridgehead atoms. The van der Waals surface area contributed by atoms with Crippen LogP contribution in [0.4, 0.5) is 5.82 Å². The third-order valence-electron chi connectivity index (χ3n) is 5.17. The van der Waals surface area contributed by atoms with Gasteiger partial charge in [0.15, 0.2) is 0 Å². The summed E-state index contributed by atoms with van der Waals surface area (Å²) in [5.41, 5.74) is 14.6. The van der Waals surface area contributed by atoms with Crippen LogP contribution >= 0.6 is 0 Å². The first-order valence-corrected chi connectivity index (χ1v) is 9.77. The van der Waals surface area contributed by atoms with Gasteiger partial charge in [0.25, 0.3) is 0 Å². The molecule has 0 atom stereocenters. The number of H-pyrrole nitrogens is 2. The standard InChI is InChI=1S/C20H26N8O/c21-18(25-11-16-23-6-7-24-16)17-19(22)28(20(29)26-17)13-15-5-3-4-14(10-15)12-27-8-1-2-9-27/h3-7,10H,1-2,8-9,11-13,22H2,(H2,21,25)(H,23,24)(H,26,29). The molecule has 0 saturated carbocycles. The lowest BCUT2D eigenvalue weighted by atomic mass is 10.1. The van der Waals surface area contributed by atoms with Crippen molar-refractivity contribution in [1.29, 1.82) is 0 Å². The van der Waals surface area contributed by atoms with Gasteiger partial charge in [0.05, 0.1) is 13.1 Å². The Labute approximate surface area is 168 Å². The van der Waals surface area contributed by atoms with Gasteiger partial charge in [-0.2, -0.15) is 0 Å². The van der Waals surface area contributed by atoms with Crippen LogP contribution in [-0.4, -0.2) is 43.3 Å². The van der Waals surface area contributed by atoms with Crippen molar-refractivity contribution in [2.24, 2.45) is 10.7 Å². The maximum Gasteiger partial charge on any atom is 0.328 e. The number of nitrogen functional groups attached to an aromatic ring is 1. The number of amidine groups is 1. The summed E-state index contributed by atoms with van der Waals surface area (Å²) in [5, 5.41) is 0. The van der Waals surface area contributed by atoms with Crippen LogP contribution < -0.4 is 17.2 Å². The molecule has 3 heterocycles. The summed E-state index contributed by atoms with van der Waals surface area (Å²) < 4.78 is 1.49. The Bertz CT molecular complexity index is 1040. The van der Waals surface area contributed by atoms with Gasteiger partial charge < -0.3 is 21.4 Å². The van der Waals surface area contributed by atoms with Gasteiger partial charge >= 0.3 is 5.69 Å². The molecule has 0 amide bonds. The second-order valence-electron chi connectivity index (χ2n) is 7.32. The van der Waals surface area contributed by atoms with Crippen LogP contribution in [0.5, 0.6) is 0 Å². The van der Waals surface area contributed by atoms with Gasteiger partial charge in [-0.3, -0.25) is 14.5 Å². The van der Waals surface area contributed by atoms with Gasteiger partial charge in [0, 0.05) is 18.9 Å². The molecule has 1 fully saturated rings. The van der Waals surface area contributed by atoms with Crippen molar-refractivity contribution in [2.45, 2.75) is 32.5 Å². The third kappa shape index (κ3) is 4.40. The number of aromatic nitrogens is 4. The second-order valence-corrected chi connectivity index (χ2v) is 7.32. The van der Waals surface area contributed by atoms with Crippen LogP contribution in [0.15, 0.2) is 46.4 Å². The lowest BCUT2D eigenvalue weighted by molar-refractivity contribution is 0.331. The molecule has 0 spiro atoms. The van der Waals surface area contributed by atoms with E-state index in [4.69, 9.17) is 11.5 Å². The van der Waals surface area contributed by atoms with Crippen LogP contribution in [-0.2, 0) is 19.6 Å². The Morgan fingerprint density at radius 1 is 1.21 bits per heavy atom. The molecule has 29 heavy (non-hydrogen) atoms. The van der Waals surface area contributed by atoms with Crippen molar-refractivity contribution < 1.29 is 0 Å². The molecule has 1 aliphatic heterocycles. The summed E-state index contributed by atoms with van der Waals surface area (Å²) in [6.45, 7) is 3.89. The Morgan fingerprint density at radius 3 is 2.69 bits per heavy atom. The zero-order valence-corrected chi connectivity index (χ0v) is 16.3. The van der Waals surface area contributed by atoms with E-state index in [-0.39, 0.29) is 23.9 Å². The number of hydrogen-bond acceptors (Lipinski definition) is 5. The minimum atomic E-state index is -0.307. The van der Waals surface area contributed by atoms with Crippen molar-refractivity contribution in [1.82, 2.24) is 24.4 Å². The molecule has 1 aromatic carbocycles. The SMILES string of the molecule is N/C(=N/Cc1ncc[nH]1)c1[nH]c(=O)n(Cc2cccc(CN3CCCC3)c2)c1N. The average molecular weight is 394 g/mol. The van der Waals surface area contributed by atoms with Gasteiger partial charge in [-0.05, 0) is 37.1 Å². The quantitative estimate of drug-likeness (QED) is 0.351. The van der Waals surface area contributed by atoms with Crippen LogP contribution in [0.1, 0.15) is 35.5 Å². The van der Waals surface area contributed by atoms with Crippen LogP contribution in [0.25, 0.3) is 0 Å². The highest BCUT2D eigenvalue weighted by Crippen LogP contribution is 2.16. The molecule has 9 heteroatoms. The number of benzene rings is 1. The topological polar surface area (TPSA) is 134 Å². The molecule has 2 aromatic heterocycles. The number of rotatable bonds is 7. The van der Waals surface area contributed by atoms with E-state index in [0.717, 1.165) is 25.2 Å². The predicted molar refractivity (Wildman–Crippen MR) is 113 cm³/mol. The number of nitrogens with zero attached hydrogens (tertiary/aromatic N) is 4. The largest absolute Gasteiger partial charge is 0.383 e. The number of hydrogen-bond donors (Lipinski definition) is 4. The van der Waals surface area contributed by atoms with Gasteiger partial charge in [-0.25, -0.2) is 9.78 Å². The molecule has 3 aromatic rings. The average Bonchev–Trinajstić information content (AvgIpc) is 3.46. The highest BCUT2D eigenvalue weighted by molar-refractivity contribution is 5.99. The van der Waals surface area contributed by atoms with E-state index in [1.807, 2.05) is 12.1 Å². The van der Waals surface area contributed by atoms with E-state index < -0.39 is 0 Å². The summed E-state index contributed by atoms with van der Waals surface area (Å²) in [7, 11) is 0. The zero-order chi connectivity index (χ0) is 20.2. The Kier molecular flexibility index (Phi) is 5.48. The molecule has 0 aliphatic carbocycles. The number of aromatic amines is 2. The van der Waals surface area contributed by atoms with E-state index >= 15 is 0 Å². The molecule has 152 valence electrons. The summed E-state index contributed by atoms with van der Waals surface area (Å²) in [6.07, 6.45) is 5.89. The normalized spacial score (nSPS) is 15.2. The molecule has 9 nitrogen and oxygen atoms in total. The van der Waals surface area contributed by atoms with Crippen molar-refractivity contribution in [3.05, 3.63) is 69.8 Å². The molecule has 0 unspecified atom stereocenters. The molecule has 0 radical (unpaired) electrons. The molecule has 4 rings (SSSR count). The highest BCUT2D eigenvalue weighted by Gasteiger charge is 2.15. The fourth-order valence-corrected chi connectivity index (χ4v) is 3.67. The maximum atomic E-state index is 12.5. The maximum absolute atomic E-state index is 12.5. The first-order chi connectivity index (χ1) is 14.1. The van der Waals surface area contributed by atoms with Crippen molar-refractivity contribution in [3.8, 4) is 0 Å². The smallest absolute Gasteiger partial charge is 0.328 e. The van der Waals surface area contributed by atoms with E-state index in [2.05, 4.69) is 37.0 Å². The number of imidazole rings is 2. The van der Waals surface area contributed by atoms with Gasteiger partial charge in [-0.15, -0.1) is 0 Å². The Morgan fingerprint density at radius 2 is 1.97 bits per heavy atom. The van der Waals surface area contributed by atoms with Crippen LogP contribution in [0.2, 0.25) is 0 Å². The highest BCUT2D eigenvalue weighted by atomic mass is 16.1. The fourth-order valence-electron chi connectivity index (χ4n) is 3.67. The minimum absolute atomic E-state index is 0.178. The zero-order valence-electron chi connectivity index (χ0n) is 16.3. The predicted octanol–water partition coefficient (Wildman–Crippen LogP) is 1.03. The number of aliphatic imine (C=N–C) groups is 1. The summed E-state index contributed by atoms with van der Waals surface area (Å²) in [4.78, 5) is 28.9. The number of likely N-dealkylation sites (tertiary alicyclic amines) is 1. The minimum Gasteiger partial charge on any atom is -0.383 e. The monoisotopic (exact) mass is 394 g/mol. The summed E-state index contributed by atoms with van der Waals surface area (Å²) in [5.74, 6) is 1.14. The van der Waals surface area contributed by atoms with Gasteiger partial charge in [0.1, 0.15) is 23.2 Å². The summed E-state index contributed by atoms with van der Waals surface area (Å²) in [6, 6.07) is 8.27. The second kappa shape index (κ2) is 8.36. The molecular weight excluding hydrogens is 368 g/mol. The molecule has 6 N–H and O–H groups in total. The Balaban J connectivity index is 1.50. The number of anilines is 1. The molecule has 1 saturated heterocycles. The molecular formula is C20H26N8O. The van der Waals surface area contributed by atoms with Gasteiger partial charge in [-0.1, -0.05) is 24.3 Å². The van der Waals surface area contributed by atoms with E-state index in [1.165, 1.54) is 23.0 Å². The lowest BCUT2D eigenvalue weighted by Gasteiger charge is -2.15. The summed E-state index contributed by atoms with van der Waals surface area (Å²) >= 11 is 0. The van der Waals surface area contributed by atoms with Gasteiger partial charge in [0.2, 0.25) is 0 Å². The molecule has 1 aliphatic rings. The number of nitrogens with one attached hydrogen (secondary N) is 2. The third-order valence-corrected chi connectivity index (χ3v) is 5.17. The number of nitrogens with two attached hydrogens (primary N) is 2. The van der Waals surface area contributed by atoms with Crippen LogP contribution in [0, 0.1) is 0 Å². The van der Waals surface area contributed by atoms with Crippen molar-refractivity contribution in [3.63, 3.8) is 0 Å². The van der Waals surface area contributed by atoms with E-state index in [0.29, 0.717) is 18.1 Å². The van der Waals surface area contributed by atoms with Crippen LogP contribution in [0.3, 0.4) is 0 Å².